The van der Waals surface area contributed by atoms with Crippen LogP contribution in [0.25, 0.3) is 0 Å². The summed E-state index contributed by atoms with van der Waals surface area (Å²) in [4.78, 5) is 24.3. The number of ether oxygens (including phenoxy) is 1. The van der Waals surface area contributed by atoms with Gasteiger partial charge < -0.3 is 4.74 Å². The topological polar surface area (TPSA) is 82.3 Å². The van der Waals surface area contributed by atoms with Gasteiger partial charge in [0.15, 0.2) is 0 Å². The molecule has 0 saturated heterocycles. The Morgan fingerprint density at radius 2 is 2.43 bits per heavy atom. The smallest absolute Gasteiger partial charge is 0.331 e. The molecule has 0 spiro atoms. The van der Waals surface area contributed by atoms with E-state index in [1.165, 1.54) is 18.3 Å². The number of rotatable bonds is 3. The molecule has 1 aromatic heterocycles. The molecular weight excluding hydrogens is 188 g/mol. The van der Waals surface area contributed by atoms with Gasteiger partial charge in [-0.25, -0.2) is 4.98 Å². The number of hydrogen-bond acceptors (Lipinski definition) is 5. The van der Waals surface area contributed by atoms with Gasteiger partial charge in [-0.1, -0.05) is 6.92 Å². The predicted octanol–water partition coefficient (Wildman–Crippen LogP) is 1.31. The lowest BCUT2D eigenvalue weighted by Gasteiger charge is -2.00. The van der Waals surface area contributed by atoms with Crippen LogP contribution in [0.4, 0.5) is 5.69 Å². The average molecular weight is 196 g/mol. The van der Waals surface area contributed by atoms with Crippen molar-refractivity contribution < 1.29 is 14.5 Å². The maximum atomic E-state index is 10.9. The Kier molecular flexibility index (Phi) is 3.11. The van der Waals surface area contributed by atoms with Crippen molar-refractivity contribution in [2.45, 2.75) is 13.3 Å². The number of hydrogen-bond donors (Lipinski definition) is 0. The Balaban J connectivity index is 2.95. The van der Waals surface area contributed by atoms with Crippen LogP contribution >= 0.6 is 0 Å². The molecule has 1 rings (SSSR count). The van der Waals surface area contributed by atoms with Crippen LogP contribution in [0.5, 0.6) is 5.88 Å². The van der Waals surface area contributed by atoms with Crippen LogP contribution in [-0.4, -0.2) is 15.9 Å². The summed E-state index contributed by atoms with van der Waals surface area (Å²) in [6.07, 6.45) is 1.47. The molecule has 0 radical (unpaired) electrons. The minimum Gasteiger partial charge on any atom is -0.401 e. The van der Waals surface area contributed by atoms with Crippen molar-refractivity contribution in [3.05, 3.63) is 28.4 Å². The lowest BCUT2D eigenvalue weighted by atomic mass is 10.4. The fourth-order valence-electron chi connectivity index (χ4n) is 0.780. The van der Waals surface area contributed by atoms with Crippen LogP contribution < -0.4 is 4.74 Å². The van der Waals surface area contributed by atoms with E-state index < -0.39 is 10.9 Å². The quantitative estimate of drug-likeness (QED) is 0.413. The number of nitrogens with zero attached hydrogens (tertiary/aromatic N) is 2. The molecule has 0 fully saturated rings. The van der Waals surface area contributed by atoms with E-state index in [2.05, 4.69) is 9.72 Å². The fraction of sp³-hybridized carbons (Fsp3) is 0.250. The van der Waals surface area contributed by atoms with Gasteiger partial charge in [0.05, 0.1) is 4.92 Å². The summed E-state index contributed by atoms with van der Waals surface area (Å²) in [6, 6.07) is 2.63. The molecule has 6 nitrogen and oxygen atoms in total. The number of aromatic nitrogens is 1. The van der Waals surface area contributed by atoms with Crippen molar-refractivity contribution in [1.29, 1.82) is 0 Å². The summed E-state index contributed by atoms with van der Waals surface area (Å²) >= 11 is 0. The van der Waals surface area contributed by atoms with E-state index >= 15 is 0 Å². The monoisotopic (exact) mass is 196 g/mol. The third-order valence-corrected chi connectivity index (χ3v) is 1.45. The predicted molar refractivity (Wildman–Crippen MR) is 46.8 cm³/mol. The highest BCUT2D eigenvalue weighted by molar-refractivity contribution is 5.72. The van der Waals surface area contributed by atoms with Gasteiger partial charge in [0, 0.05) is 18.7 Å². The molecular formula is C8H8N2O4. The Bertz CT molecular complexity index is 364. The average Bonchev–Trinajstić information content (AvgIpc) is 2.18. The molecule has 0 bridgehead atoms. The number of pyridine rings is 1. The minimum atomic E-state index is -0.648. The highest BCUT2D eigenvalue weighted by atomic mass is 16.6. The first-order chi connectivity index (χ1) is 6.65. The van der Waals surface area contributed by atoms with Crippen LogP contribution in [0.15, 0.2) is 18.3 Å². The molecule has 0 unspecified atom stereocenters. The van der Waals surface area contributed by atoms with Crippen LogP contribution in [0.3, 0.4) is 0 Å². The highest BCUT2D eigenvalue weighted by Gasteiger charge is 2.17. The maximum Gasteiger partial charge on any atom is 0.331 e. The van der Waals surface area contributed by atoms with Crippen molar-refractivity contribution in [1.82, 2.24) is 4.98 Å². The molecule has 0 aliphatic heterocycles. The summed E-state index contributed by atoms with van der Waals surface area (Å²) < 4.78 is 4.66. The summed E-state index contributed by atoms with van der Waals surface area (Å²) in [5.41, 5.74) is -0.311. The van der Waals surface area contributed by atoms with Crippen LogP contribution in [-0.2, 0) is 4.79 Å². The Hall–Kier alpha value is -1.98. The van der Waals surface area contributed by atoms with E-state index in [1.807, 2.05) is 0 Å². The Morgan fingerprint density at radius 3 is 3.00 bits per heavy atom. The minimum absolute atomic E-state index is 0.147. The second-order valence-corrected chi connectivity index (χ2v) is 2.41. The summed E-state index contributed by atoms with van der Waals surface area (Å²) in [6.45, 7) is 1.59. The first kappa shape index (κ1) is 10.1. The largest absolute Gasteiger partial charge is 0.401 e. The van der Waals surface area contributed by atoms with Gasteiger partial charge in [-0.3, -0.25) is 14.9 Å². The van der Waals surface area contributed by atoms with Crippen molar-refractivity contribution in [2.24, 2.45) is 0 Å². The molecule has 1 heterocycles. The Labute approximate surface area is 79.7 Å². The van der Waals surface area contributed by atoms with Gasteiger partial charge in [0.25, 0.3) is 0 Å². The first-order valence-corrected chi connectivity index (χ1v) is 3.95. The molecule has 14 heavy (non-hydrogen) atoms. The summed E-state index contributed by atoms with van der Waals surface area (Å²) in [5, 5.41) is 10.5. The molecule has 0 aromatic carbocycles. The summed E-state index contributed by atoms with van der Waals surface area (Å²) in [5.74, 6) is -0.809. The van der Waals surface area contributed by atoms with Crippen LogP contribution in [0.1, 0.15) is 13.3 Å². The van der Waals surface area contributed by atoms with E-state index in [-0.39, 0.29) is 18.0 Å². The molecule has 0 aliphatic rings. The van der Waals surface area contributed by atoms with Crippen LogP contribution in [0.2, 0.25) is 0 Å². The third kappa shape index (κ3) is 2.25. The zero-order valence-corrected chi connectivity index (χ0v) is 7.47. The maximum absolute atomic E-state index is 10.9. The molecule has 0 aliphatic carbocycles. The lowest BCUT2D eigenvalue weighted by molar-refractivity contribution is -0.386. The van der Waals surface area contributed by atoms with E-state index in [9.17, 15) is 14.9 Å². The molecule has 0 N–H and O–H groups in total. The number of esters is 1. The van der Waals surface area contributed by atoms with Gasteiger partial charge in [0.1, 0.15) is 0 Å². The fourth-order valence-corrected chi connectivity index (χ4v) is 0.780. The second kappa shape index (κ2) is 4.31. The van der Waals surface area contributed by atoms with E-state index in [4.69, 9.17) is 0 Å². The number of carbonyl (C=O) groups excluding carboxylic acids is 1. The third-order valence-electron chi connectivity index (χ3n) is 1.45. The van der Waals surface area contributed by atoms with Crippen molar-refractivity contribution in [2.75, 3.05) is 0 Å². The van der Waals surface area contributed by atoms with Gasteiger partial charge in [-0.15, -0.1) is 0 Å². The Morgan fingerprint density at radius 1 is 1.71 bits per heavy atom. The molecule has 74 valence electrons. The molecule has 0 amide bonds. The van der Waals surface area contributed by atoms with E-state index in [0.29, 0.717) is 0 Å². The SMILES string of the molecule is CCC(=O)Oc1ncccc1[N+](=O)[O-]. The summed E-state index contributed by atoms with van der Waals surface area (Å²) in [7, 11) is 0. The number of carbonyl (C=O) groups is 1. The normalized spacial score (nSPS) is 9.50. The van der Waals surface area contributed by atoms with Gasteiger partial charge in [-0.05, 0) is 6.07 Å². The van der Waals surface area contributed by atoms with Gasteiger partial charge in [0.2, 0.25) is 0 Å². The zero-order chi connectivity index (χ0) is 10.6. The molecule has 6 heteroatoms. The first-order valence-electron chi connectivity index (χ1n) is 3.95. The standard InChI is InChI=1S/C8H8N2O4/c1-2-7(11)14-8-6(10(12)13)4-3-5-9-8/h3-5H,2H2,1H3. The second-order valence-electron chi connectivity index (χ2n) is 2.41. The van der Waals surface area contributed by atoms with E-state index in [1.54, 1.807) is 6.92 Å². The van der Waals surface area contributed by atoms with Crippen molar-refractivity contribution >= 4 is 11.7 Å². The number of nitro groups is 1. The van der Waals surface area contributed by atoms with E-state index in [0.717, 1.165) is 0 Å². The van der Waals surface area contributed by atoms with Crippen molar-refractivity contribution in [3.8, 4) is 5.88 Å². The van der Waals surface area contributed by atoms with Crippen molar-refractivity contribution in [3.63, 3.8) is 0 Å². The van der Waals surface area contributed by atoms with Gasteiger partial charge >= 0.3 is 17.5 Å². The highest BCUT2D eigenvalue weighted by Crippen LogP contribution is 2.22. The zero-order valence-electron chi connectivity index (χ0n) is 7.47. The van der Waals surface area contributed by atoms with Crippen LogP contribution in [0, 0.1) is 10.1 Å². The van der Waals surface area contributed by atoms with Gasteiger partial charge in [-0.2, -0.15) is 0 Å². The lowest BCUT2D eigenvalue weighted by Crippen LogP contribution is -2.08. The molecule has 1 aromatic rings. The molecule has 0 saturated carbocycles. The molecule has 0 atom stereocenters.